The molecule has 0 saturated heterocycles. The van der Waals surface area contributed by atoms with Crippen LogP contribution in [0.25, 0.3) is 22.2 Å². The summed E-state index contributed by atoms with van der Waals surface area (Å²) in [5, 5.41) is 7.40. The van der Waals surface area contributed by atoms with E-state index in [4.69, 9.17) is 14.2 Å². The summed E-state index contributed by atoms with van der Waals surface area (Å²) in [4.78, 5) is 17.7. The van der Waals surface area contributed by atoms with Gasteiger partial charge in [0.15, 0.2) is 5.82 Å². The molecule has 2 heterocycles. The highest BCUT2D eigenvalue weighted by atomic mass is 16.5. The number of hydrogen-bond donors (Lipinski definition) is 1. The zero-order valence-corrected chi connectivity index (χ0v) is 16.5. The normalized spacial score (nSPS) is 11.0. The highest BCUT2D eigenvalue weighted by Crippen LogP contribution is 2.28. The number of fused-ring (bicyclic) bond motifs is 1. The van der Waals surface area contributed by atoms with E-state index in [0.29, 0.717) is 22.8 Å². The van der Waals surface area contributed by atoms with Gasteiger partial charge >= 0.3 is 0 Å². The van der Waals surface area contributed by atoms with E-state index < -0.39 is 0 Å². The van der Waals surface area contributed by atoms with E-state index in [9.17, 15) is 4.79 Å². The van der Waals surface area contributed by atoms with Crippen LogP contribution in [-0.2, 0) is 0 Å². The molecule has 1 N–H and O–H groups in total. The average Bonchev–Trinajstić information content (AvgIpc) is 3.11. The zero-order chi connectivity index (χ0) is 20.4. The predicted molar refractivity (Wildman–Crippen MR) is 112 cm³/mol. The van der Waals surface area contributed by atoms with Crippen LogP contribution in [0.5, 0.6) is 5.75 Å². The Morgan fingerprint density at radius 1 is 1.07 bits per heavy atom. The van der Waals surface area contributed by atoms with Crippen molar-refractivity contribution in [2.75, 3.05) is 5.32 Å². The monoisotopic (exact) mass is 387 g/mol. The van der Waals surface area contributed by atoms with E-state index in [0.717, 1.165) is 22.2 Å². The van der Waals surface area contributed by atoms with Crippen LogP contribution in [0.15, 0.2) is 65.2 Å². The number of rotatable bonds is 5. The predicted octanol–water partition coefficient (Wildman–Crippen LogP) is 5.24. The molecule has 0 aliphatic carbocycles. The molecule has 0 bridgehead atoms. The van der Waals surface area contributed by atoms with Gasteiger partial charge in [-0.3, -0.25) is 4.79 Å². The minimum absolute atomic E-state index is 0.0714. The molecule has 2 aromatic heterocycles. The van der Waals surface area contributed by atoms with E-state index in [1.54, 1.807) is 19.1 Å². The third-order valence-corrected chi connectivity index (χ3v) is 4.33. The number of carbonyl (C=O) groups excluding carboxylic acids is 1. The van der Waals surface area contributed by atoms with Crippen molar-refractivity contribution < 1.29 is 14.1 Å². The Balaban J connectivity index is 1.77. The largest absolute Gasteiger partial charge is 0.491 e. The van der Waals surface area contributed by atoms with Gasteiger partial charge in [-0.1, -0.05) is 35.5 Å². The molecule has 4 aromatic rings. The minimum atomic E-state index is -0.271. The number of aryl methyl sites for hydroxylation is 1. The lowest BCUT2D eigenvalue weighted by Gasteiger charge is -2.12. The van der Waals surface area contributed by atoms with Gasteiger partial charge < -0.3 is 14.6 Å². The van der Waals surface area contributed by atoms with Crippen LogP contribution < -0.4 is 10.1 Å². The Bertz CT molecular complexity index is 1180. The molecule has 4 rings (SSSR count). The van der Waals surface area contributed by atoms with Crippen LogP contribution in [-0.4, -0.2) is 22.2 Å². The van der Waals surface area contributed by atoms with E-state index in [-0.39, 0.29) is 12.0 Å². The van der Waals surface area contributed by atoms with Crippen molar-refractivity contribution in [2.24, 2.45) is 0 Å². The number of aromatic nitrogens is 2. The number of carbonyl (C=O) groups is 1. The molecule has 6 heteroatoms. The number of para-hydroxylation sites is 1. The number of nitrogens with zero attached hydrogens (tertiary/aromatic N) is 2. The summed E-state index contributed by atoms with van der Waals surface area (Å²) in [6.07, 6.45) is 0.0714. The number of pyridine rings is 1. The molecule has 0 unspecified atom stereocenters. The van der Waals surface area contributed by atoms with Crippen LogP contribution in [0.3, 0.4) is 0 Å². The lowest BCUT2D eigenvalue weighted by Crippen LogP contribution is -2.13. The van der Waals surface area contributed by atoms with Gasteiger partial charge in [-0.05, 0) is 45.0 Å². The van der Waals surface area contributed by atoms with Gasteiger partial charge in [0, 0.05) is 17.0 Å². The standard InChI is InChI=1S/C23H21N3O3/c1-14(2)28-17-8-6-7-16(12-17)21-13-19(18-9-4-5-10-20(18)24-21)23(27)25-22-11-15(3)29-26-22/h4-14H,1-3H3,(H,25,26,27). The third kappa shape index (κ3) is 4.11. The first-order valence-corrected chi connectivity index (χ1v) is 9.41. The summed E-state index contributed by atoms with van der Waals surface area (Å²) in [5.41, 5.74) is 2.82. The van der Waals surface area contributed by atoms with Gasteiger partial charge in [0.2, 0.25) is 0 Å². The van der Waals surface area contributed by atoms with Crippen molar-refractivity contribution >= 4 is 22.6 Å². The highest BCUT2D eigenvalue weighted by molar-refractivity contribution is 6.12. The lowest BCUT2D eigenvalue weighted by molar-refractivity contribution is 0.102. The number of amides is 1. The maximum atomic E-state index is 13.0. The molecule has 0 fully saturated rings. The SMILES string of the molecule is Cc1cc(NC(=O)c2cc(-c3cccc(OC(C)C)c3)nc3ccccc23)no1. The molecule has 29 heavy (non-hydrogen) atoms. The Labute approximate surface area is 168 Å². The lowest BCUT2D eigenvalue weighted by atomic mass is 10.0. The van der Waals surface area contributed by atoms with Crippen molar-refractivity contribution in [1.82, 2.24) is 10.1 Å². The molecular formula is C23H21N3O3. The van der Waals surface area contributed by atoms with Gasteiger partial charge in [-0.2, -0.15) is 0 Å². The van der Waals surface area contributed by atoms with E-state index in [1.165, 1.54) is 0 Å². The number of anilines is 1. The highest BCUT2D eigenvalue weighted by Gasteiger charge is 2.16. The molecule has 0 aliphatic rings. The molecule has 146 valence electrons. The van der Waals surface area contributed by atoms with Crippen molar-refractivity contribution in [3.8, 4) is 17.0 Å². The zero-order valence-electron chi connectivity index (χ0n) is 16.5. The van der Waals surface area contributed by atoms with Gasteiger partial charge in [0.05, 0.1) is 22.9 Å². The number of hydrogen-bond acceptors (Lipinski definition) is 5. The fourth-order valence-electron chi connectivity index (χ4n) is 3.12. The Hall–Kier alpha value is -3.67. The topological polar surface area (TPSA) is 77.2 Å². The molecule has 0 saturated carbocycles. The quantitative estimate of drug-likeness (QED) is 0.507. The minimum Gasteiger partial charge on any atom is -0.491 e. The summed E-state index contributed by atoms with van der Waals surface area (Å²) in [6.45, 7) is 5.73. The van der Waals surface area contributed by atoms with Gasteiger partial charge in [0.1, 0.15) is 11.5 Å². The summed E-state index contributed by atoms with van der Waals surface area (Å²) in [7, 11) is 0. The second-order valence-electron chi connectivity index (χ2n) is 7.04. The van der Waals surface area contributed by atoms with Crippen LogP contribution in [0.4, 0.5) is 5.82 Å². The number of benzene rings is 2. The summed E-state index contributed by atoms with van der Waals surface area (Å²) in [5.74, 6) is 1.49. The summed E-state index contributed by atoms with van der Waals surface area (Å²) in [6, 6.07) is 18.7. The molecule has 2 aromatic carbocycles. The second-order valence-corrected chi connectivity index (χ2v) is 7.04. The Morgan fingerprint density at radius 2 is 1.90 bits per heavy atom. The number of ether oxygens (including phenoxy) is 1. The van der Waals surface area contributed by atoms with Crippen LogP contribution in [0.1, 0.15) is 30.0 Å². The van der Waals surface area contributed by atoms with Crippen LogP contribution in [0.2, 0.25) is 0 Å². The Kier molecular flexibility index (Phi) is 4.99. The molecule has 0 spiro atoms. The van der Waals surface area contributed by atoms with E-state index >= 15 is 0 Å². The van der Waals surface area contributed by atoms with Crippen molar-refractivity contribution in [3.05, 3.63) is 72.0 Å². The molecule has 0 radical (unpaired) electrons. The van der Waals surface area contributed by atoms with Crippen molar-refractivity contribution in [1.29, 1.82) is 0 Å². The summed E-state index contributed by atoms with van der Waals surface area (Å²) >= 11 is 0. The maximum absolute atomic E-state index is 13.0. The van der Waals surface area contributed by atoms with Gasteiger partial charge in [-0.15, -0.1) is 0 Å². The maximum Gasteiger partial charge on any atom is 0.257 e. The van der Waals surface area contributed by atoms with Crippen molar-refractivity contribution in [2.45, 2.75) is 26.9 Å². The van der Waals surface area contributed by atoms with Gasteiger partial charge in [-0.25, -0.2) is 4.98 Å². The fourth-order valence-corrected chi connectivity index (χ4v) is 3.12. The van der Waals surface area contributed by atoms with E-state index in [2.05, 4.69) is 10.5 Å². The average molecular weight is 387 g/mol. The number of nitrogens with one attached hydrogen (secondary N) is 1. The van der Waals surface area contributed by atoms with E-state index in [1.807, 2.05) is 62.4 Å². The third-order valence-electron chi connectivity index (χ3n) is 4.33. The van der Waals surface area contributed by atoms with Crippen LogP contribution in [0, 0.1) is 6.92 Å². The molecule has 0 aliphatic heterocycles. The first kappa shape index (κ1) is 18.7. The van der Waals surface area contributed by atoms with Crippen LogP contribution >= 0.6 is 0 Å². The molecular weight excluding hydrogens is 366 g/mol. The first-order chi connectivity index (χ1) is 14.0. The second kappa shape index (κ2) is 7.75. The summed E-state index contributed by atoms with van der Waals surface area (Å²) < 4.78 is 10.8. The van der Waals surface area contributed by atoms with Gasteiger partial charge in [0.25, 0.3) is 5.91 Å². The fraction of sp³-hybridized carbons (Fsp3) is 0.174. The van der Waals surface area contributed by atoms with Crippen molar-refractivity contribution in [3.63, 3.8) is 0 Å². The first-order valence-electron chi connectivity index (χ1n) is 9.41. The molecule has 0 atom stereocenters. The molecule has 1 amide bonds. The Morgan fingerprint density at radius 3 is 2.66 bits per heavy atom. The molecule has 6 nitrogen and oxygen atoms in total. The smallest absolute Gasteiger partial charge is 0.257 e.